The van der Waals surface area contributed by atoms with E-state index >= 15 is 0 Å². The Labute approximate surface area is 116 Å². The summed E-state index contributed by atoms with van der Waals surface area (Å²) in [6.45, 7) is -1.52. The molecule has 0 aliphatic rings. The number of ether oxygens (including phenoxy) is 1. The van der Waals surface area contributed by atoms with E-state index in [2.05, 4.69) is 4.74 Å². The molecule has 0 fully saturated rings. The normalized spacial score (nSPS) is 11.2. The Hall–Kier alpha value is -1.63. The largest absolute Gasteiger partial charge is 0.432 e. The van der Waals surface area contributed by atoms with Crippen LogP contribution in [0.2, 0.25) is 0 Å². The van der Waals surface area contributed by atoms with Crippen LogP contribution >= 0.6 is 0 Å². The molecule has 0 saturated carbocycles. The smallest absolute Gasteiger partial charge is 0.387 e. The van der Waals surface area contributed by atoms with E-state index in [-0.39, 0.29) is 5.69 Å². The van der Waals surface area contributed by atoms with Gasteiger partial charge in [0.15, 0.2) is 11.6 Å². The molecule has 0 saturated heterocycles. The third-order valence-electron chi connectivity index (χ3n) is 2.81. The summed E-state index contributed by atoms with van der Waals surface area (Å²) in [7, 11) is 5.69. The van der Waals surface area contributed by atoms with Crippen LogP contribution in [0.4, 0.5) is 24.5 Å². The molecule has 114 valence electrons. The molecule has 0 atom stereocenters. The van der Waals surface area contributed by atoms with Crippen molar-refractivity contribution in [3.63, 3.8) is 0 Å². The Morgan fingerprint density at radius 3 is 2.40 bits per heavy atom. The van der Waals surface area contributed by atoms with Gasteiger partial charge in [-0.25, -0.2) is 4.39 Å². The summed E-state index contributed by atoms with van der Waals surface area (Å²) in [5.74, 6) is -1.39. The summed E-state index contributed by atoms with van der Waals surface area (Å²) in [4.78, 5) is 3.82. The van der Waals surface area contributed by atoms with E-state index in [4.69, 9.17) is 5.73 Å². The van der Waals surface area contributed by atoms with E-state index < -0.39 is 18.2 Å². The number of alkyl halides is 2. The van der Waals surface area contributed by atoms with Gasteiger partial charge in [0.2, 0.25) is 0 Å². The summed E-state index contributed by atoms with van der Waals surface area (Å²) in [6, 6.07) is 2.20. The maximum atomic E-state index is 13.4. The van der Waals surface area contributed by atoms with Crippen molar-refractivity contribution < 1.29 is 17.9 Å². The molecule has 1 rings (SSSR count). The molecule has 2 N–H and O–H groups in total. The number of hydrogen-bond acceptors (Lipinski definition) is 4. The predicted molar refractivity (Wildman–Crippen MR) is 73.9 cm³/mol. The monoisotopic (exact) mass is 291 g/mol. The molecule has 0 unspecified atom stereocenters. The van der Waals surface area contributed by atoms with Gasteiger partial charge >= 0.3 is 6.61 Å². The second kappa shape index (κ2) is 7.23. The van der Waals surface area contributed by atoms with Gasteiger partial charge < -0.3 is 20.3 Å². The maximum absolute atomic E-state index is 13.4. The number of benzene rings is 1. The average Bonchev–Trinajstić information content (AvgIpc) is 2.31. The number of rotatable bonds is 7. The quantitative estimate of drug-likeness (QED) is 0.783. The second-order valence-corrected chi connectivity index (χ2v) is 4.80. The van der Waals surface area contributed by atoms with Gasteiger partial charge in [-0.1, -0.05) is 0 Å². The zero-order valence-corrected chi connectivity index (χ0v) is 11.9. The highest BCUT2D eigenvalue weighted by molar-refractivity contribution is 5.69. The van der Waals surface area contributed by atoms with Crippen molar-refractivity contribution in [1.82, 2.24) is 4.90 Å². The minimum absolute atomic E-state index is 0.191. The SMILES string of the molecule is CN(C)CCCN(C)c1cc(OC(F)F)c(F)cc1N. The third-order valence-corrected chi connectivity index (χ3v) is 2.81. The van der Waals surface area contributed by atoms with Crippen LogP contribution in [0, 0.1) is 5.82 Å². The van der Waals surface area contributed by atoms with Gasteiger partial charge in [-0.05, 0) is 27.1 Å². The van der Waals surface area contributed by atoms with E-state index in [0.717, 1.165) is 19.0 Å². The summed E-state index contributed by atoms with van der Waals surface area (Å²) >= 11 is 0. The summed E-state index contributed by atoms with van der Waals surface area (Å²) in [5.41, 5.74) is 6.38. The summed E-state index contributed by atoms with van der Waals surface area (Å²) in [6.07, 6.45) is 0.866. The number of anilines is 2. The zero-order valence-electron chi connectivity index (χ0n) is 11.9. The molecule has 0 bridgehead atoms. The molecule has 0 amide bonds. The van der Waals surface area contributed by atoms with Crippen LogP contribution in [0.15, 0.2) is 12.1 Å². The predicted octanol–water partition coefficient (Wildman–Crippen LogP) is 2.40. The molecule has 1 aromatic carbocycles. The molecule has 0 aliphatic carbocycles. The van der Waals surface area contributed by atoms with Gasteiger partial charge in [0.25, 0.3) is 0 Å². The van der Waals surface area contributed by atoms with E-state index in [1.165, 1.54) is 6.07 Å². The first-order valence-corrected chi connectivity index (χ1v) is 6.21. The van der Waals surface area contributed by atoms with Crippen LogP contribution in [0.3, 0.4) is 0 Å². The van der Waals surface area contributed by atoms with Crippen LogP contribution in [0.25, 0.3) is 0 Å². The second-order valence-electron chi connectivity index (χ2n) is 4.80. The van der Waals surface area contributed by atoms with Crippen LogP contribution in [-0.4, -0.2) is 45.7 Å². The molecule has 0 aliphatic heterocycles. The Morgan fingerprint density at radius 2 is 1.85 bits per heavy atom. The molecule has 7 heteroatoms. The van der Waals surface area contributed by atoms with Gasteiger partial charge in [-0.15, -0.1) is 0 Å². The highest BCUT2D eigenvalue weighted by Crippen LogP contribution is 2.31. The van der Waals surface area contributed by atoms with Crippen LogP contribution in [0.1, 0.15) is 6.42 Å². The number of nitrogens with zero attached hydrogens (tertiary/aromatic N) is 2. The lowest BCUT2D eigenvalue weighted by Gasteiger charge is -2.23. The Balaban J connectivity index is 2.82. The standard InChI is InChI=1S/C13H20F3N3O/c1-18(2)5-4-6-19(3)11-8-12(20-13(15)16)9(14)7-10(11)17/h7-8,13H,4-6,17H2,1-3H3. The van der Waals surface area contributed by atoms with Gasteiger partial charge in [-0.3, -0.25) is 0 Å². The van der Waals surface area contributed by atoms with Gasteiger partial charge in [-0.2, -0.15) is 8.78 Å². The molecular formula is C13H20F3N3O. The third kappa shape index (κ3) is 4.80. The lowest BCUT2D eigenvalue weighted by molar-refractivity contribution is -0.0521. The van der Waals surface area contributed by atoms with Crippen molar-refractivity contribution >= 4 is 11.4 Å². The maximum Gasteiger partial charge on any atom is 0.387 e. The molecule has 0 spiro atoms. The first-order valence-electron chi connectivity index (χ1n) is 6.21. The number of halogens is 3. The molecule has 1 aromatic rings. The fourth-order valence-electron chi connectivity index (χ4n) is 1.82. The number of nitrogen functional groups attached to an aromatic ring is 1. The molecule has 0 heterocycles. The summed E-state index contributed by atoms with van der Waals surface area (Å²) < 4.78 is 42.0. The molecular weight excluding hydrogens is 271 g/mol. The fraction of sp³-hybridized carbons (Fsp3) is 0.538. The highest BCUT2D eigenvalue weighted by atomic mass is 19.3. The van der Waals surface area contributed by atoms with Gasteiger partial charge in [0, 0.05) is 25.7 Å². The minimum atomic E-state index is -3.07. The van der Waals surface area contributed by atoms with Gasteiger partial charge in [0.1, 0.15) is 0 Å². The van der Waals surface area contributed by atoms with E-state index in [1.54, 1.807) is 11.9 Å². The van der Waals surface area contributed by atoms with Gasteiger partial charge in [0.05, 0.1) is 11.4 Å². The zero-order chi connectivity index (χ0) is 15.3. The highest BCUT2D eigenvalue weighted by Gasteiger charge is 2.15. The molecule has 0 aromatic heterocycles. The molecule has 20 heavy (non-hydrogen) atoms. The fourth-order valence-corrected chi connectivity index (χ4v) is 1.82. The Bertz CT molecular complexity index is 441. The summed E-state index contributed by atoms with van der Waals surface area (Å²) in [5, 5.41) is 0. The van der Waals surface area contributed by atoms with Crippen molar-refractivity contribution in [2.24, 2.45) is 0 Å². The first-order chi connectivity index (χ1) is 9.31. The molecule has 4 nitrogen and oxygen atoms in total. The first kappa shape index (κ1) is 16.4. The minimum Gasteiger partial charge on any atom is -0.432 e. The number of nitrogens with two attached hydrogens (primary N) is 1. The Kier molecular flexibility index (Phi) is 5.94. The Morgan fingerprint density at radius 1 is 1.20 bits per heavy atom. The van der Waals surface area contributed by atoms with Crippen molar-refractivity contribution in [2.75, 3.05) is 44.9 Å². The van der Waals surface area contributed by atoms with Crippen molar-refractivity contribution in [3.05, 3.63) is 17.9 Å². The lowest BCUT2D eigenvalue weighted by Crippen LogP contribution is -2.24. The van der Waals surface area contributed by atoms with Crippen LogP contribution < -0.4 is 15.4 Å². The van der Waals surface area contributed by atoms with E-state index in [1.807, 2.05) is 19.0 Å². The van der Waals surface area contributed by atoms with Crippen LogP contribution in [-0.2, 0) is 0 Å². The lowest BCUT2D eigenvalue weighted by atomic mass is 10.2. The van der Waals surface area contributed by atoms with Crippen molar-refractivity contribution in [3.8, 4) is 5.75 Å². The molecule has 0 radical (unpaired) electrons. The topological polar surface area (TPSA) is 41.7 Å². The van der Waals surface area contributed by atoms with Crippen molar-refractivity contribution in [2.45, 2.75) is 13.0 Å². The van der Waals surface area contributed by atoms with E-state index in [9.17, 15) is 13.2 Å². The van der Waals surface area contributed by atoms with Crippen molar-refractivity contribution in [1.29, 1.82) is 0 Å². The van der Waals surface area contributed by atoms with E-state index in [0.29, 0.717) is 12.2 Å². The number of hydrogen-bond donors (Lipinski definition) is 1. The average molecular weight is 291 g/mol. The van der Waals surface area contributed by atoms with Crippen LogP contribution in [0.5, 0.6) is 5.75 Å².